The predicted octanol–water partition coefficient (Wildman–Crippen LogP) is 3.23. The van der Waals surface area contributed by atoms with Crippen molar-refractivity contribution in [3.8, 4) is 0 Å². The van der Waals surface area contributed by atoms with Crippen molar-refractivity contribution in [3.05, 3.63) is 38.0 Å². The molecular formula is C9H19F3Si. The zero-order chi connectivity index (χ0) is 7.82. The fourth-order valence-corrected chi connectivity index (χ4v) is 2.99. The zero-order valence-electron chi connectivity index (χ0n) is 7.78. The minimum atomic E-state index is -0.588. The van der Waals surface area contributed by atoms with E-state index in [4.69, 9.17) is 0 Å². The SMILES string of the molecule is C=CC[SiH](CC=C)CC=C.F.F.F. The maximum absolute atomic E-state index is 3.73. The maximum atomic E-state index is 3.73. The summed E-state index contributed by atoms with van der Waals surface area (Å²) in [4.78, 5) is 0. The van der Waals surface area contributed by atoms with Crippen molar-refractivity contribution in [1.82, 2.24) is 0 Å². The van der Waals surface area contributed by atoms with Crippen molar-refractivity contribution >= 4 is 8.80 Å². The molecule has 0 heterocycles. The highest BCUT2D eigenvalue weighted by Gasteiger charge is 2.02. The van der Waals surface area contributed by atoms with Gasteiger partial charge in [0.1, 0.15) is 0 Å². The Bertz CT molecular complexity index is 102. The van der Waals surface area contributed by atoms with Crippen molar-refractivity contribution < 1.29 is 14.1 Å². The van der Waals surface area contributed by atoms with Crippen LogP contribution in [0.15, 0.2) is 38.0 Å². The standard InChI is InChI=1S/C9H16Si.3FH/c1-4-7-10(8-5-2)9-6-3;;;/h4-6,10H,1-3,7-9H2;3*1H. The molecule has 0 radical (unpaired) electrons. The summed E-state index contributed by atoms with van der Waals surface area (Å²) in [5.41, 5.74) is 0. The quantitative estimate of drug-likeness (QED) is 0.468. The third kappa shape index (κ3) is 14.1. The Morgan fingerprint density at radius 3 is 1.08 bits per heavy atom. The first-order valence-corrected chi connectivity index (χ1v) is 6.12. The van der Waals surface area contributed by atoms with E-state index in [1.807, 2.05) is 18.2 Å². The molecule has 0 saturated heterocycles. The molecule has 0 fully saturated rings. The molecule has 80 valence electrons. The van der Waals surface area contributed by atoms with E-state index in [-0.39, 0.29) is 14.1 Å². The molecule has 0 aromatic carbocycles. The third-order valence-electron chi connectivity index (χ3n) is 1.50. The Morgan fingerprint density at radius 2 is 0.923 bits per heavy atom. The molecule has 0 saturated carbocycles. The van der Waals surface area contributed by atoms with Gasteiger partial charge >= 0.3 is 0 Å². The summed E-state index contributed by atoms with van der Waals surface area (Å²) >= 11 is 0. The highest BCUT2D eigenvalue weighted by molar-refractivity contribution is 6.60. The van der Waals surface area contributed by atoms with Crippen LogP contribution in [0.4, 0.5) is 14.1 Å². The monoisotopic (exact) mass is 212 g/mol. The molecule has 0 amide bonds. The molecule has 0 aliphatic carbocycles. The molecule has 0 rings (SSSR count). The molecule has 0 bridgehead atoms. The van der Waals surface area contributed by atoms with Crippen LogP contribution in [0.3, 0.4) is 0 Å². The minimum absolute atomic E-state index is 0. The van der Waals surface area contributed by atoms with Crippen molar-refractivity contribution in [2.45, 2.75) is 18.1 Å². The van der Waals surface area contributed by atoms with E-state index in [0.717, 1.165) is 0 Å². The minimum Gasteiger partial charge on any atom is -0.269 e. The summed E-state index contributed by atoms with van der Waals surface area (Å²) in [6.45, 7) is 11.2. The molecule has 0 N–H and O–H groups in total. The van der Waals surface area contributed by atoms with Gasteiger partial charge in [-0.25, -0.2) is 0 Å². The fraction of sp³-hybridized carbons (Fsp3) is 0.333. The molecule has 0 atom stereocenters. The fourth-order valence-electron chi connectivity index (χ4n) is 0.996. The van der Waals surface area contributed by atoms with E-state index in [9.17, 15) is 0 Å². The first-order chi connectivity index (χ1) is 4.85. The van der Waals surface area contributed by atoms with Gasteiger partial charge in [-0.1, -0.05) is 18.2 Å². The average Bonchev–Trinajstić information content (AvgIpc) is 1.90. The number of allylic oxidation sites excluding steroid dienone is 3. The Kier molecular flexibility index (Phi) is 30.4. The molecule has 0 aliphatic rings. The van der Waals surface area contributed by atoms with Crippen molar-refractivity contribution in [3.63, 3.8) is 0 Å². The molecular weight excluding hydrogens is 193 g/mol. The Labute approximate surface area is 79.8 Å². The smallest absolute Gasteiger partial charge is 0.0480 e. The Morgan fingerprint density at radius 1 is 0.692 bits per heavy atom. The van der Waals surface area contributed by atoms with Crippen LogP contribution in [0, 0.1) is 0 Å². The van der Waals surface area contributed by atoms with Gasteiger partial charge in [0.15, 0.2) is 0 Å². The van der Waals surface area contributed by atoms with Crippen LogP contribution in [0.1, 0.15) is 0 Å². The Balaban J connectivity index is -0.000000135. The molecule has 0 aliphatic heterocycles. The van der Waals surface area contributed by atoms with Crippen molar-refractivity contribution in [2.24, 2.45) is 0 Å². The van der Waals surface area contributed by atoms with Gasteiger partial charge in [0, 0.05) is 8.80 Å². The lowest BCUT2D eigenvalue weighted by atomic mass is 10.7. The number of rotatable bonds is 6. The van der Waals surface area contributed by atoms with E-state index < -0.39 is 8.80 Å². The first-order valence-electron chi connectivity index (χ1n) is 3.67. The van der Waals surface area contributed by atoms with Gasteiger partial charge in [0.05, 0.1) is 0 Å². The maximum Gasteiger partial charge on any atom is 0.0480 e. The topological polar surface area (TPSA) is 0 Å². The molecule has 0 aromatic rings. The van der Waals surface area contributed by atoms with E-state index in [0.29, 0.717) is 0 Å². The van der Waals surface area contributed by atoms with E-state index >= 15 is 0 Å². The van der Waals surface area contributed by atoms with Gasteiger partial charge in [-0.05, 0) is 18.1 Å². The van der Waals surface area contributed by atoms with Crippen LogP contribution in [-0.4, -0.2) is 8.80 Å². The lowest BCUT2D eigenvalue weighted by Crippen LogP contribution is -2.07. The summed E-state index contributed by atoms with van der Waals surface area (Å²) < 4.78 is 0. The largest absolute Gasteiger partial charge is 0.269 e. The zero-order valence-corrected chi connectivity index (χ0v) is 8.93. The highest BCUT2D eigenvalue weighted by atomic mass is 28.3. The number of hydrogen-bond acceptors (Lipinski definition) is 0. The van der Waals surface area contributed by atoms with Gasteiger partial charge in [-0.2, -0.15) is 0 Å². The summed E-state index contributed by atoms with van der Waals surface area (Å²) in [7, 11) is -0.588. The molecule has 0 nitrogen and oxygen atoms in total. The predicted molar refractivity (Wildman–Crippen MR) is 59.7 cm³/mol. The van der Waals surface area contributed by atoms with E-state index in [1.165, 1.54) is 18.1 Å². The van der Waals surface area contributed by atoms with Crippen LogP contribution >= 0.6 is 0 Å². The van der Waals surface area contributed by atoms with Crippen LogP contribution in [0.5, 0.6) is 0 Å². The third-order valence-corrected chi connectivity index (χ3v) is 4.50. The van der Waals surface area contributed by atoms with Crippen LogP contribution in [0.2, 0.25) is 18.1 Å². The highest BCUT2D eigenvalue weighted by Crippen LogP contribution is 2.06. The first kappa shape index (κ1) is 22.8. The van der Waals surface area contributed by atoms with Crippen LogP contribution in [-0.2, 0) is 0 Å². The Hall–Kier alpha value is -0.773. The molecule has 4 heteroatoms. The number of hydrogen-bond donors (Lipinski definition) is 0. The summed E-state index contributed by atoms with van der Waals surface area (Å²) in [6.07, 6.45) is 6.05. The van der Waals surface area contributed by atoms with Crippen LogP contribution in [0.25, 0.3) is 0 Å². The normalized spacial score (nSPS) is 7.15. The lowest BCUT2D eigenvalue weighted by molar-refractivity contribution is 1.11. The van der Waals surface area contributed by atoms with E-state index in [2.05, 4.69) is 19.7 Å². The molecule has 0 spiro atoms. The summed E-state index contributed by atoms with van der Waals surface area (Å²) in [6, 6.07) is 3.62. The van der Waals surface area contributed by atoms with Gasteiger partial charge in [-0.15, -0.1) is 19.7 Å². The second kappa shape index (κ2) is 17.3. The van der Waals surface area contributed by atoms with Crippen LogP contribution < -0.4 is 0 Å². The molecule has 0 unspecified atom stereocenters. The van der Waals surface area contributed by atoms with Gasteiger partial charge in [-0.3, -0.25) is 14.1 Å². The van der Waals surface area contributed by atoms with Crippen molar-refractivity contribution in [2.75, 3.05) is 0 Å². The van der Waals surface area contributed by atoms with Gasteiger partial charge in [0.25, 0.3) is 0 Å². The molecule has 0 aromatic heterocycles. The number of halogens is 3. The lowest BCUT2D eigenvalue weighted by Gasteiger charge is -2.05. The summed E-state index contributed by atoms with van der Waals surface area (Å²) in [5.74, 6) is 0. The summed E-state index contributed by atoms with van der Waals surface area (Å²) in [5, 5.41) is 0. The second-order valence-corrected chi connectivity index (χ2v) is 5.59. The second-order valence-electron chi connectivity index (χ2n) is 2.44. The van der Waals surface area contributed by atoms with Crippen molar-refractivity contribution in [1.29, 1.82) is 0 Å². The van der Waals surface area contributed by atoms with E-state index in [1.54, 1.807) is 0 Å². The average molecular weight is 212 g/mol. The van der Waals surface area contributed by atoms with Gasteiger partial charge in [0.2, 0.25) is 0 Å². The molecule has 13 heavy (non-hydrogen) atoms. The van der Waals surface area contributed by atoms with Gasteiger partial charge < -0.3 is 0 Å².